The van der Waals surface area contributed by atoms with Crippen molar-refractivity contribution in [3.63, 3.8) is 0 Å². The minimum atomic E-state index is -4.27. The van der Waals surface area contributed by atoms with E-state index in [1.54, 1.807) is 0 Å². The van der Waals surface area contributed by atoms with E-state index < -0.39 is 11.7 Å². The predicted molar refractivity (Wildman–Crippen MR) is 64.9 cm³/mol. The van der Waals surface area contributed by atoms with Crippen LogP contribution in [0.25, 0.3) is 0 Å². The monoisotopic (exact) mass is 257 g/mol. The smallest absolute Gasteiger partial charge is 0.324 e. The third-order valence-corrected chi connectivity index (χ3v) is 3.78. The molecule has 100 valence electrons. The van der Waals surface area contributed by atoms with Gasteiger partial charge in [-0.05, 0) is 36.5 Å². The van der Waals surface area contributed by atoms with Crippen LogP contribution in [0.2, 0.25) is 0 Å². The van der Waals surface area contributed by atoms with Gasteiger partial charge in [0, 0.05) is 6.04 Å². The molecule has 1 saturated carbocycles. The Kier molecular flexibility index (Phi) is 3.95. The molecule has 2 rings (SSSR count). The van der Waals surface area contributed by atoms with E-state index in [9.17, 15) is 13.2 Å². The lowest BCUT2D eigenvalue weighted by Crippen LogP contribution is -2.23. The van der Waals surface area contributed by atoms with E-state index in [1.807, 2.05) is 0 Å². The van der Waals surface area contributed by atoms with Crippen molar-refractivity contribution in [1.29, 1.82) is 0 Å². The van der Waals surface area contributed by atoms with Crippen LogP contribution in [-0.2, 0) is 6.18 Å². The lowest BCUT2D eigenvalue weighted by molar-refractivity contribution is -0.137. The highest BCUT2D eigenvalue weighted by Gasteiger charge is 2.30. The van der Waals surface area contributed by atoms with Crippen LogP contribution in [-0.4, -0.2) is 0 Å². The summed E-state index contributed by atoms with van der Waals surface area (Å²) in [5.41, 5.74) is 6.35. The maximum Gasteiger partial charge on any atom is 0.416 e. The second-order valence-electron chi connectivity index (χ2n) is 5.04. The first kappa shape index (κ1) is 13.4. The molecule has 0 bridgehead atoms. The fourth-order valence-electron chi connectivity index (χ4n) is 2.66. The quantitative estimate of drug-likeness (QED) is 0.840. The molecule has 0 radical (unpaired) electrons. The molecule has 1 nitrogen and oxygen atoms in total. The first-order valence-electron chi connectivity index (χ1n) is 6.41. The molecular formula is C14H18F3N. The van der Waals surface area contributed by atoms with Crippen LogP contribution in [0.1, 0.15) is 49.3 Å². The van der Waals surface area contributed by atoms with Gasteiger partial charge in [0.2, 0.25) is 0 Å². The summed E-state index contributed by atoms with van der Waals surface area (Å²) in [6.45, 7) is 0. The van der Waals surface area contributed by atoms with Gasteiger partial charge in [-0.2, -0.15) is 13.2 Å². The summed E-state index contributed by atoms with van der Waals surface area (Å²) in [6.07, 6.45) is 1.51. The number of hydrogen-bond donors (Lipinski definition) is 1. The molecule has 1 fully saturated rings. The molecule has 1 aromatic rings. The van der Waals surface area contributed by atoms with Gasteiger partial charge < -0.3 is 5.73 Å². The van der Waals surface area contributed by atoms with E-state index in [1.165, 1.54) is 31.4 Å². The number of halogens is 3. The van der Waals surface area contributed by atoms with E-state index in [4.69, 9.17) is 5.73 Å². The van der Waals surface area contributed by atoms with Crippen molar-refractivity contribution in [3.8, 4) is 0 Å². The molecule has 0 saturated heterocycles. The van der Waals surface area contributed by atoms with E-state index >= 15 is 0 Å². The Balaban J connectivity index is 2.09. The van der Waals surface area contributed by atoms with E-state index in [2.05, 4.69) is 0 Å². The summed E-state index contributed by atoms with van der Waals surface area (Å²) in [5, 5.41) is 0. The second-order valence-corrected chi connectivity index (χ2v) is 5.04. The molecule has 1 atom stereocenters. The lowest BCUT2D eigenvalue weighted by atomic mass is 9.81. The van der Waals surface area contributed by atoms with Crippen molar-refractivity contribution < 1.29 is 13.2 Å². The SMILES string of the molecule is N[C@H](c1ccc(C(F)(F)F)cc1)C1CCCCC1. The molecule has 0 unspecified atom stereocenters. The van der Waals surface area contributed by atoms with Crippen LogP contribution in [0.5, 0.6) is 0 Å². The van der Waals surface area contributed by atoms with Crippen LogP contribution in [0.15, 0.2) is 24.3 Å². The fraction of sp³-hybridized carbons (Fsp3) is 0.571. The molecule has 0 aliphatic heterocycles. The zero-order valence-corrected chi connectivity index (χ0v) is 10.2. The first-order chi connectivity index (χ1) is 8.48. The molecule has 4 heteroatoms. The Morgan fingerprint density at radius 2 is 1.56 bits per heavy atom. The van der Waals surface area contributed by atoms with Crippen molar-refractivity contribution in [2.24, 2.45) is 11.7 Å². The zero-order valence-electron chi connectivity index (χ0n) is 10.2. The van der Waals surface area contributed by atoms with Crippen molar-refractivity contribution >= 4 is 0 Å². The van der Waals surface area contributed by atoms with Gasteiger partial charge in [0.05, 0.1) is 5.56 Å². The second kappa shape index (κ2) is 5.31. The molecule has 0 aromatic heterocycles. The molecule has 1 aliphatic rings. The van der Waals surface area contributed by atoms with Gasteiger partial charge in [-0.25, -0.2) is 0 Å². The average molecular weight is 257 g/mol. The van der Waals surface area contributed by atoms with E-state index in [0.717, 1.165) is 30.5 Å². The van der Waals surface area contributed by atoms with Crippen molar-refractivity contribution in [3.05, 3.63) is 35.4 Å². The summed E-state index contributed by atoms with van der Waals surface area (Å²) in [7, 11) is 0. The van der Waals surface area contributed by atoms with E-state index in [-0.39, 0.29) is 6.04 Å². The Labute approximate surface area is 105 Å². The lowest BCUT2D eigenvalue weighted by Gasteiger charge is -2.27. The predicted octanol–water partition coefficient (Wildman–Crippen LogP) is 4.29. The minimum absolute atomic E-state index is 0.132. The van der Waals surface area contributed by atoms with Gasteiger partial charge in [-0.15, -0.1) is 0 Å². The summed E-state index contributed by atoms with van der Waals surface area (Å²) >= 11 is 0. The highest BCUT2D eigenvalue weighted by atomic mass is 19.4. The molecule has 18 heavy (non-hydrogen) atoms. The Morgan fingerprint density at radius 3 is 2.06 bits per heavy atom. The average Bonchev–Trinajstić information content (AvgIpc) is 2.38. The minimum Gasteiger partial charge on any atom is -0.324 e. The van der Waals surface area contributed by atoms with Gasteiger partial charge in [0.1, 0.15) is 0 Å². The number of benzene rings is 1. The standard InChI is InChI=1S/C14H18F3N/c15-14(16,17)12-8-6-11(7-9-12)13(18)10-4-2-1-3-5-10/h6-10,13H,1-5,18H2/t13-/m0/s1. The van der Waals surface area contributed by atoms with Gasteiger partial charge in [0.15, 0.2) is 0 Å². The summed E-state index contributed by atoms with van der Waals surface area (Å²) in [4.78, 5) is 0. The van der Waals surface area contributed by atoms with Crippen LogP contribution in [0.3, 0.4) is 0 Å². The highest BCUT2D eigenvalue weighted by molar-refractivity contribution is 5.27. The molecule has 0 spiro atoms. The van der Waals surface area contributed by atoms with Gasteiger partial charge >= 0.3 is 6.18 Å². The number of rotatable bonds is 2. The number of hydrogen-bond acceptors (Lipinski definition) is 1. The third kappa shape index (κ3) is 3.05. The van der Waals surface area contributed by atoms with Crippen molar-refractivity contribution in [2.45, 2.75) is 44.3 Å². The molecule has 0 heterocycles. The number of alkyl halides is 3. The maximum absolute atomic E-state index is 12.4. The highest BCUT2D eigenvalue weighted by Crippen LogP contribution is 2.34. The Bertz CT molecular complexity index is 377. The molecule has 1 aliphatic carbocycles. The summed E-state index contributed by atoms with van der Waals surface area (Å²) in [5.74, 6) is 0.412. The summed E-state index contributed by atoms with van der Waals surface area (Å²) in [6, 6.07) is 5.15. The first-order valence-corrected chi connectivity index (χ1v) is 6.41. The largest absolute Gasteiger partial charge is 0.416 e. The van der Waals surface area contributed by atoms with Crippen LogP contribution in [0, 0.1) is 5.92 Å². The van der Waals surface area contributed by atoms with Crippen LogP contribution in [0.4, 0.5) is 13.2 Å². The molecule has 0 amide bonds. The van der Waals surface area contributed by atoms with Gasteiger partial charge in [-0.1, -0.05) is 31.4 Å². The Morgan fingerprint density at radius 1 is 1.00 bits per heavy atom. The maximum atomic E-state index is 12.4. The van der Waals surface area contributed by atoms with Crippen LogP contribution < -0.4 is 5.73 Å². The van der Waals surface area contributed by atoms with Crippen molar-refractivity contribution in [2.75, 3.05) is 0 Å². The van der Waals surface area contributed by atoms with Gasteiger partial charge in [-0.3, -0.25) is 0 Å². The zero-order chi connectivity index (χ0) is 13.2. The van der Waals surface area contributed by atoms with Crippen molar-refractivity contribution in [1.82, 2.24) is 0 Å². The molecule has 2 N–H and O–H groups in total. The van der Waals surface area contributed by atoms with Gasteiger partial charge in [0.25, 0.3) is 0 Å². The number of nitrogens with two attached hydrogens (primary N) is 1. The summed E-state index contributed by atoms with van der Waals surface area (Å²) < 4.78 is 37.3. The normalized spacial score (nSPS) is 19.8. The van der Waals surface area contributed by atoms with E-state index in [0.29, 0.717) is 5.92 Å². The Hall–Kier alpha value is -1.03. The molecule has 1 aromatic carbocycles. The van der Waals surface area contributed by atoms with Crippen LogP contribution >= 0.6 is 0 Å². The topological polar surface area (TPSA) is 26.0 Å². The fourth-order valence-corrected chi connectivity index (χ4v) is 2.66. The third-order valence-electron chi connectivity index (χ3n) is 3.78. The molecular weight excluding hydrogens is 239 g/mol.